The molecule has 0 fully saturated rings. The number of carbonyl (C=O) groups is 1. The van der Waals surface area contributed by atoms with Gasteiger partial charge in [0.25, 0.3) is 5.56 Å². The minimum Gasteiger partial charge on any atom is -0.465 e. The molecule has 0 bridgehead atoms. The van der Waals surface area contributed by atoms with Gasteiger partial charge >= 0.3 is 5.97 Å². The van der Waals surface area contributed by atoms with Gasteiger partial charge in [-0.25, -0.2) is 0 Å². The Morgan fingerprint density at radius 1 is 1.35 bits per heavy atom. The zero-order chi connectivity index (χ0) is 16.4. The lowest BCUT2D eigenvalue weighted by Crippen LogP contribution is -2.36. The van der Waals surface area contributed by atoms with Gasteiger partial charge in [-0.2, -0.15) is 0 Å². The normalized spacial score (nSPS) is 19.7. The summed E-state index contributed by atoms with van der Waals surface area (Å²) >= 11 is 0. The second kappa shape index (κ2) is 6.16. The summed E-state index contributed by atoms with van der Waals surface area (Å²) in [6.07, 6.45) is 3.20. The minimum atomic E-state index is -0.652. The Morgan fingerprint density at radius 3 is 2.87 bits per heavy atom. The topological polar surface area (TPSA) is 84.4 Å². The van der Waals surface area contributed by atoms with Crippen LogP contribution in [0.5, 0.6) is 0 Å². The molecule has 3 heterocycles. The fraction of sp³-hybridized carbons (Fsp3) is 0.294. The van der Waals surface area contributed by atoms with Crippen molar-refractivity contribution in [1.29, 1.82) is 0 Å². The fourth-order valence-electron chi connectivity index (χ4n) is 2.96. The van der Waals surface area contributed by atoms with Crippen molar-refractivity contribution >= 4 is 17.4 Å². The van der Waals surface area contributed by atoms with Crippen LogP contribution in [0.1, 0.15) is 31.0 Å². The molecule has 23 heavy (non-hydrogen) atoms. The van der Waals surface area contributed by atoms with E-state index < -0.39 is 17.8 Å². The number of hydrogen-bond donors (Lipinski definition) is 1. The van der Waals surface area contributed by atoms with Gasteiger partial charge in [0.05, 0.1) is 23.8 Å². The van der Waals surface area contributed by atoms with Crippen LogP contribution in [-0.2, 0) is 9.53 Å². The lowest BCUT2D eigenvalue weighted by atomic mass is 9.78. The summed E-state index contributed by atoms with van der Waals surface area (Å²) in [6, 6.07) is 7.18. The molecule has 3 rings (SSSR count). The number of rotatable bonds is 3. The highest BCUT2D eigenvalue weighted by atomic mass is 16.5. The van der Waals surface area contributed by atoms with Crippen LogP contribution >= 0.6 is 0 Å². The number of hydrogen-bond acceptors (Lipinski definition) is 5. The quantitative estimate of drug-likeness (QED) is 0.881. The Morgan fingerprint density at radius 2 is 2.17 bits per heavy atom. The number of aromatic nitrogens is 2. The van der Waals surface area contributed by atoms with E-state index in [4.69, 9.17) is 4.74 Å². The molecule has 0 saturated heterocycles. The number of H-pyrrole nitrogens is 1. The SMILES string of the molecule is CCOC(=O)C1C(C)=Nc2cc[nH]c(=O)c2C1c1ccccn1. The number of nitrogens with one attached hydrogen (secondary N) is 1. The maximum atomic E-state index is 12.5. The standard InChI is InChI=1S/C17H17N3O3/c1-3-23-17(22)13-10(2)20-12-7-9-19-16(21)15(12)14(13)11-6-4-5-8-18-11/h4-9,13-14H,3H2,1-2H3,(H,19,21). The molecule has 0 spiro atoms. The molecule has 2 atom stereocenters. The van der Waals surface area contributed by atoms with E-state index >= 15 is 0 Å². The first-order valence-electron chi connectivity index (χ1n) is 7.47. The van der Waals surface area contributed by atoms with Gasteiger partial charge in [0, 0.05) is 23.8 Å². The van der Waals surface area contributed by atoms with Crippen LogP contribution in [0.3, 0.4) is 0 Å². The van der Waals surface area contributed by atoms with E-state index in [1.54, 1.807) is 38.4 Å². The summed E-state index contributed by atoms with van der Waals surface area (Å²) in [6.45, 7) is 3.81. The highest BCUT2D eigenvalue weighted by Crippen LogP contribution is 2.39. The Balaban J connectivity index is 2.22. The smallest absolute Gasteiger partial charge is 0.315 e. The lowest BCUT2D eigenvalue weighted by Gasteiger charge is -2.29. The van der Waals surface area contributed by atoms with E-state index in [2.05, 4.69) is 15.0 Å². The van der Waals surface area contributed by atoms with E-state index in [1.807, 2.05) is 12.1 Å². The molecule has 1 aliphatic heterocycles. The fourth-order valence-corrected chi connectivity index (χ4v) is 2.96. The van der Waals surface area contributed by atoms with Crippen molar-refractivity contribution in [2.75, 3.05) is 6.61 Å². The minimum absolute atomic E-state index is 0.260. The van der Waals surface area contributed by atoms with Crippen molar-refractivity contribution in [3.8, 4) is 0 Å². The van der Waals surface area contributed by atoms with E-state index in [1.165, 1.54) is 0 Å². The van der Waals surface area contributed by atoms with E-state index in [-0.39, 0.29) is 12.2 Å². The number of nitrogens with zero attached hydrogens (tertiary/aromatic N) is 2. The molecule has 2 aromatic heterocycles. The van der Waals surface area contributed by atoms with Gasteiger partial charge in [0.1, 0.15) is 5.92 Å². The second-order valence-electron chi connectivity index (χ2n) is 5.32. The highest BCUT2D eigenvalue weighted by Gasteiger charge is 2.40. The molecule has 2 unspecified atom stereocenters. The highest BCUT2D eigenvalue weighted by molar-refractivity contribution is 6.05. The van der Waals surface area contributed by atoms with Gasteiger partial charge in [-0.3, -0.25) is 19.6 Å². The van der Waals surface area contributed by atoms with Crippen molar-refractivity contribution in [2.45, 2.75) is 19.8 Å². The third-order valence-electron chi connectivity index (χ3n) is 3.91. The van der Waals surface area contributed by atoms with Gasteiger partial charge < -0.3 is 9.72 Å². The molecule has 6 heteroatoms. The molecular weight excluding hydrogens is 294 g/mol. The van der Waals surface area contributed by atoms with E-state index in [0.717, 1.165) is 0 Å². The molecule has 0 radical (unpaired) electrons. The van der Waals surface area contributed by atoms with Crippen LogP contribution in [0.2, 0.25) is 0 Å². The Kier molecular flexibility index (Phi) is 4.06. The van der Waals surface area contributed by atoms with Crippen LogP contribution in [0.15, 0.2) is 46.4 Å². The number of fused-ring (bicyclic) bond motifs is 1. The van der Waals surface area contributed by atoms with Gasteiger partial charge in [0.15, 0.2) is 0 Å². The summed E-state index contributed by atoms with van der Waals surface area (Å²) in [7, 11) is 0. The summed E-state index contributed by atoms with van der Waals surface area (Å²) in [4.78, 5) is 36.3. The zero-order valence-electron chi connectivity index (χ0n) is 12.9. The Labute approximate surface area is 133 Å². The van der Waals surface area contributed by atoms with E-state index in [9.17, 15) is 9.59 Å². The lowest BCUT2D eigenvalue weighted by molar-refractivity contribution is -0.146. The van der Waals surface area contributed by atoms with Crippen molar-refractivity contribution in [3.63, 3.8) is 0 Å². The van der Waals surface area contributed by atoms with Crippen molar-refractivity contribution in [3.05, 3.63) is 58.3 Å². The summed E-state index contributed by atoms with van der Waals surface area (Å²) < 4.78 is 5.20. The van der Waals surface area contributed by atoms with Gasteiger partial charge in [-0.1, -0.05) is 6.07 Å². The summed E-state index contributed by atoms with van der Waals surface area (Å²) in [5.41, 5.74) is 2.04. The number of pyridine rings is 2. The third-order valence-corrected chi connectivity index (χ3v) is 3.91. The number of ether oxygens (including phenoxy) is 1. The van der Waals surface area contributed by atoms with Crippen LogP contribution in [0.25, 0.3) is 0 Å². The van der Waals surface area contributed by atoms with Crippen LogP contribution < -0.4 is 5.56 Å². The predicted octanol–water partition coefficient (Wildman–Crippen LogP) is 2.19. The summed E-state index contributed by atoms with van der Waals surface area (Å²) in [5.74, 6) is -1.55. The number of carbonyl (C=O) groups excluding carboxylic acids is 1. The number of aliphatic imine (C=N–C) groups is 1. The van der Waals surface area contributed by atoms with Crippen LogP contribution in [-0.4, -0.2) is 28.3 Å². The zero-order valence-corrected chi connectivity index (χ0v) is 12.9. The van der Waals surface area contributed by atoms with Crippen molar-refractivity contribution < 1.29 is 9.53 Å². The van der Waals surface area contributed by atoms with Gasteiger partial charge in [0.2, 0.25) is 0 Å². The van der Waals surface area contributed by atoms with Crippen molar-refractivity contribution in [2.24, 2.45) is 10.9 Å². The molecule has 1 aliphatic rings. The monoisotopic (exact) mass is 311 g/mol. The first-order valence-corrected chi connectivity index (χ1v) is 7.47. The molecule has 118 valence electrons. The molecule has 6 nitrogen and oxygen atoms in total. The molecule has 1 N–H and O–H groups in total. The van der Waals surface area contributed by atoms with E-state index in [0.29, 0.717) is 22.7 Å². The van der Waals surface area contributed by atoms with Gasteiger partial charge in [-0.15, -0.1) is 0 Å². The van der Waals surface area contributed by atoms with Crippen LogP contribution in [0.4, 0.5) is 5.69 Å². The maximum Gasteiger partial charge on any atom is 0.315 e. The third kappa shape index (κ3) is 2.67. The molecule has 0 amide bonds. The average molecular weight is 311 g/mol. The average Bonchev–Trinajstić information content (AvgIpc) is 2.54. The van der Waals surface area contributed by atoms with Crippen LogP contribution in [0, 0.1) is 5.92 Å². The molecule has 2 aromatic rings. The Hall–Kier alpha value is -2.76. The first-order chi connectivity index (χ1) is 11.1. The summed E-state index contributed by atoms with van der Waals surface area (Å²) in [5, 5.41) is 0. The first kappa shape index (κ1) is 15.1. The molecule has 0 aromatic carbocycles. The molecule has 0 saturated carbocycles. The maximum absolute atomic E-state index is 12.5. The number of esters is 1. The van der Waals surface area contributed by atoms with Crippen molar-refractivity contribution in [1.82, 2.24) is 9.97 Å². The Bertz CT molecular complexity index is 811. The largest absolute Gasteiger partial charge is 0.465 e. The number of aromatic amines is 1. The van der Waals surface area contributed by atoms with Gasteiger partial charge in [-0.05, 0) is 32.0 Å². The molecular formula is C17H17N3O3. The predicted molar refractivity (Wildman–Crippen MR) is 86.0 cm³/mol. The molecule has 0 aliphatic carbocycles. The second-order valence-corrected chi connectivity index (χ2v) is 5.32.